The molecule has 1 amide bonds. The maximum absolute atomic E-state index is 11.8. The molecule has 0 aliphatic heterocycles. The van der Waals surface area contributed by atoms with Gasteiger partial charge in [0.15, 0.2) is 6.61 Å². The topological polar surface area (TPSA) is 79.2 Å². The third kappa shape index (κ3) is 6.63. The van der Waals surface area contributed by atoms with Crippen LogP contribution in [0.5, 0.6) is 0 Å². The Morgan fingerprint density at radius 2 is 1.96 bits per heavy atom. The molecule has 0 aromatic heterocycles. The van der Waals surface area contributed by atoms with Gasteiger partial charge in [-0.15, -0.1) is 11.8 Å². The molecule has 0 aliphatic carbocycles. The summed E-state index contributed by atoms with van der Waals surface area (Å²) in [4.78, 5) is 24.6. The highest BCUT2D eigenvalue weighted by atomic mass is 32.2. The first kappa shape index (κ1) is 20.0. The van der Waals surface area contributed by atoms with Crippen LogP contribution in [0.15, 0.2) is 29.2 Å². The summed E-state index contributed by atoms with van der Waals surface area (Å²) in [6, 6.07) is 10.1. The number of thioether (sulfide) groups is 1. The lowest BCUT2D eigenvalue weighted by atomic mass is 9.90. The van der Waals surface area contributed by atoms with Crippen LogP contribution in [0.1, 0.15) is 32.8 Å². The summed E-state index contributed by atoms with van der Waals surface area (Å²) in [6.45, 7) is 7.00. The minimum absolute atomic E-state index is 0.0481. The van der Waals surface area contributed by atoms with Gasteiger partial charge in [0.25, 0.3) is 5.91 Å². The fourth-order valence-corrected chi connectivity index (χ4v) is 2.56. The van der Waals surface area contributed by atoms with Crippen LogP contribution < -0.4 is 5.32 Å². The van der Waals surface area contributed by atoms with E-state index in [1.807, 2.05) is 45.0 Å². The van der Waals surface area contributed by atoms with Gasteiger partial charge in [0, 0.05) is 10.6 Å². The minimum atomic E-state index is -0.967. The van der Waals surface area contributed by atoms with E-state index in [4.69, 9.17) is 10.00 Å². The van der Waals surface area contributed by atoms with Crippen LogP contribution >= 0.6 is 11.8 Å². The number of nitrogens with zero attached hydrogens (tertiary/aromatic N) is 1. The Kier molecular flexibility index (Phi) is 7.80. The number of hydrogen-bond donors (Lipinski definition) is 1. The summed E-state index contributed by atoms with van der Waals surface area (Å²) in [5.74, 6) is -0.348. The summed E-state index contributed by atoms with van der Waals surface area (Å²) in [5.41, 5.74) is 0.223. The fourth-order valence-electron chi connectivity index (χ4n) is 1.73. The van der Waals surface area contributed by atoms with Crippen molar-refractivity contribution in [1.82, 2.24) is 5.32 Å². The van der Waals surface area contributed by atoms with Gasteiger partial charge < -0.3 is 10.1 Å². The van der Waals surface area contributed by atoms with E-state index >= 15 is 0 Å². The Hall–Kier alpha value is -2.00. The average Bonchev–Trinajstić information content (AvgIpc) is 2.54. The zero-order valence-corrected chi connectivity index (χ0v) is 15.4. The van der Waals surface area contributed by atoms with Crippen molar-refractivity contribution < 1.29 is 14.3 Å². The largest absolute Gasteiger partial charge is 0.456 e. The standard InChI is InChI=1S/C18H24N2O3S/c1-13(2)18(4,12-19)20-16(21)11-23-17(22)9-10-24-15-7-5-14(3)6-8-15/h5-8,13H,9-11H2,1-4H3,(H,20,21)/t18-/m0/s1. The van der Waals surface area contributed by atoms with Crippen LogP contribution in [0.4, 0.5) is 0 Å². The first-order valence-corrected chi connectivity index (χ1v) is 8.82. The maximum Gasteiger partial charge on any atom is 0.307 e. The van der Waals surface area contributed by atoms with Gasteiger partial charge in [-0.1, -0.05) is 31.5 Å². The summed E-state index contributed by atoms with van der Waals surface area (Å²) in [5, 5.41) is 11.8. The second-order valence-electron chi connectivity index (χ2n) is 6.09. The Morgan fingerprint density at radius 3 is 2.50 bits per heavy atom. The smallest absolute Gasteiger partial charge is 0.307 e. The third-order valence-electron chi connectivity index (χ3n) is 3.75. The minimum Gasteiger partial charge on any atom is -0.456 e. The number of rotatable bonds is 8. The quantitative estimate of drug-likeness (QED) is 0.577. The van der Waals surface area contributed by atoms with Crippen molar-refractivity contribution in [3.8, 4) is 6.07 Å². The van der Waals surface area contributed by atoms with E-state index in [2.05, 4.69) is 11.4 Å². The van der Waals surface area contributed by atoms with Gasteiger partial charge in [-0.25, -0.2) is 0 Å². The number of esters is 1. The van der Waals surface area contributed by atoms with Crippen LogP contribution in [-0.4, -0.2) is 29.8 Å². The van der Waals surface area contributed by atoms with Crippen LogP contribution in [-0.2, 0) is 14.3 Å². The predicted molar refractivity (Wildman–Crippen MR) is 94.5 cm³/mol. The molecule has 0 saturated carbocycles. The van der Waals surface area contributed by atoms with E-state index in [-0.39, 0.29) is 18.9 Å². The number of carbonyl (C=O) groups is 2. The lowest BCUT2D eigenvalue weighted by Gasteiger charge is -2.27. The van der Waals surface area contributed by atoms with Crippen molar-refractivity contribution in [3.63, 3.8) is 0 Å². The number of nitrogens with one attached hydrogen (secondary N) is 1. The Balaban J connectivity index is 2.29. The molecule has 0 fully saturated rings. The van der Waals surface area contributed by atoms with E-state index < -0.39 is 17.4 Å². The van der Waals surface area contributed by atoms with Gasteiger partial charge in [-0.2, -0.15) is 5.26 Å². The molecule has 6 heteroatoms. The molecule has 1 aromatic rings. The van der Waals surface area contributed by atoms with Crippen molar-refractivity contribution in [1.29, 1.82) is 5.26 Å². The lowest BCUT2D eigenvalue weighted by Crippen LogP contribution is -2.50. The number of carbonyl (C=O) groups excluding carboxylic acids is 2. The molecule has 0 spiro atoms. The number of benzene rings is 1. The van der Waals surface area contributed by atoms with E-state index in [0.717, 1.165) is 4.90 Å². The lowest BCUT2D eigenvalue weighted by molar-refractivity contribution is -0.148. The summed E-state index contributed by atoms with van der Waals surface area (Å²) < 4.78 is 4.96. The van der Waals surface area contributed by atoms with Gasteiger partial charge in [0.2, 0.25) is 0 Å². The second kappa shape index (κ2) is 9.33. The van der Waals surface area contributed by atoms with Crippen LogP contribution in [0.25, 0.3) is 0 Å². The summed E-state index contributed by atoms with van der Waals surface area (Å²) in [7, 11) is 0. The van der Waals surface area contributed by atoms with Gasteiger partial charge >= 0.3 is 5.97 Å². The highest BCUT2D eigenvalue weighted by molar-refractivity contribution is 7.99. The van der Waals surface area contributed by atoms with E-state index in [1.165, 1.54) is 5.56 Å². The molecule has 0 heterocycles. The fraction of sp³-hybridized carbons (Fsp3) is 0.500. The number of nitriles is 1. The van der Waals surface area contributed by atoms with E-state index in [9.17, 15) is 9.59 Å². The molecular weight excluding hydrogens is 324 g/mol. The second-order valence-corrected chi connectivity index (χ2v) is 7.26. The Bertz CT molecular complexity index is 608. The van der Waals surface area contributed by atoms with Gasteiger partial charge in [-0.3, -0.25) is 9.59 Å². The molecule has 5 nitrogen and oxygen atoms in total. The van der Waals surface area contributed by atoms with Crippen molar-refractivity contribution in [2.45, 2.75) is 44.6 Å². The summed E-state index contributed by atoms with van der Waals surface area (Å²) >= 11 is 1.56. The molecular formula is C18H24N2O3S. The average molecular weight is 348 g/mol. The highest BCUT2D eigenvalue weighted by Gasteiger charge is 2.30. The number of amides is 1. The molecule has 0 saturated heterocycles. The molecule has 130 valence electrons. The van der Waals surface area contributed by atoms with Gasteiger partial charge in [0.1, 0.15) is 5.54 Å². The summed E-state index contributed by atoms with van der Waals surface area (Å²) in [6.07, 6.45) is 0.228. The SMILES string of the molecule is Cc1ccc(SCCC(=O)OCC(=O)N[C@@](C)(C#N)C(C)C)cc1. The van der Waals surface area contributed by atoms with Crippen molar-refractivity contribution >= 4 is 23.6 Å². The number of ether oxygens (including phenoxy) is 1. The monoisotopic (exact) mass is 348 g/mol. The van der Waals surface area contributed by atoms with Crippen molar-refractivity contribution in [2.75, 3.05) is 12.4 Å². The predicted octanol–water partition coefficient (Wildman–Crippen LogP) is 3.07. The van der Waals surface area contributed by atoms with Crippen LogP contribution in [0, 0.1) is 24.2 Å². The van der Waals surface area contributed by atoms with Gasteiger partial charge in [0.05, 0.1) is 12.5 Å². The molecule has 0 aliphatic rings. The van der Waals surface area contributed by atoms with Crippen molar-refractivity contribution in [3.05, 3.63) is 29.8 Å². The zero-order chi connectivity index (χ0) is 18.2. The molecule has 0 unspecified atom stereocenters. The van der Waals surface area contributed by atoms with Crippen molar-refractivity contribution in [2.24, 2.45) is 5.92 Å². The molecule has 1 N–H and O–H groups in total. The number of hydrogen-bond acceptors (Lipinski definition) is 5. The molecule has 0 bridgehead atoms. The first-order valence-electron chi connectivity index (χ1n) is 7.84. The Morgan fingerprint density at radius 1 is 1.33 bits per heavy atom. The maximum atomic E-state index is 11.8. The molecule has 1 rings (SSSR count). The third-order valence-corrected chi connectivity index (χ3v) is 4.76. The van der Waals surface area contributed by atoms with Crippen LogP contribution in [0.2, 0.25) is 0 Å². The normalized spacial score (nSPS) is 13.0. The van der Waals surface area contributed by atoms with Crippen LogP contribution in [0.3, 0.4) is 0 Å². The number of aryl methyl sites for hydroxylation is 1. The van der Waals surface area contributed by atoms with E-state index in [1.54, 1.807) is 18.7 Å². The molecule has 1 aromatic carbocycles. The highest BCUT2D eigenvalue weighted by Crippen LogP contribution is 2.19. The first-order chi connectivity index (χ1) is 11.3. The molecule has 24 heavy (non-hydrogen) atoms. The molecule has 0 radical (unpaired) electrons. The Labute approximate surface area is 147 Å². The van der Waals surface area contributed by atoms with Gasteiger partial charge in [-0.05, 0) is 31.9 Å². The zero-order valence-electron chi connectivity index (χ0n) is 14.6. The molecule has 1 atom stereocenters. The van der Waals surface area contributed by atoms with E-state index in [0.29, 0.717) is 5.75 Å².